The zero-order chi connectivity index (χ0) is 22.8. The smallest absolute Gasteiger partial charge is 0.338 e. The lowest BCUT2D eigenvalue weighted by Gasteiger charge is -2.30. The zero-order valence-corrected chi connectivity index (χ0v) is 18.6. The Morgan fingerprint density at radius 2 is 1.73 bits per heavy atom. The Balaban J connectivity index is 1.53. The van der Waals surface area contributed by atoms with Crippen molar-refractivity contribution in [3.05, 3.63) is 101 Å². The summed E-state index contributed by atoms with van der Waals surface area (Å²) >= 11 is 0. The van der Waals surface area contributed by atoms with Gasteiger partial charge in [-0.25, -0.2) is 9.78 Å². The van der Waals surface area contributed by atoms with Gasteiger partial charge in [-0.05, 0) is 49.2 Å². The van der Waals surface area contributed by atoms with Crippen molar-refractivity contribution in [2.24, 2.45) is 0 Å². The number of ether oxygens (including phenoxy) is 2. The predicted molar refractivity (Wildman–Crippen MR) is 128 cm³/mol. The van der Waals surface area contributed by atoms with Gasteiger partial charge in [0.25, 0.3) is 0 Å². The van der Waals surface area contributed by atoms with E-state index in [-0.39, 0.29) is 12.0 Å². The number of hydrogen-bond donors (Lipinski definition) is 1. The SMILES string of the molecule is CCOC(=O)C1=C(C)Nc2nc3ccccc3n2[C@H]1c1ccc(OCc2ccccc2)cc1. The molecule has 0 unspecified atom stereocenters. The first-order valence-corrected chi connectivity index (χ1v) is 11.0. The average Bonchev–Trinajstić information content (AvgIpc) is 3.21. The normalized spacial score (nSPS) is 15.2. The molecule has 0 amide bonds. The van der Waals surface area contributed by atoms with Crippen molar-refractivity contribution < 1.29 is 14.3 Å². The van der Waals surface area contributed by atoms with Gasteiger partial charge < -0.3 is 14.8 Å². The quantitative estimate of drug-likeness (QED) is 0.404. The van der Waals surface area contributed by atoms with E-state index in [0.717, 1.165) is 33.6 Å². The van der Waals surface area contributed by atoms with E-state index < -0.39 is 0 Å². The number of nitrogens with zero attached hydrogens (tertiary/aromatic N) is 2. The first kappa shape index (κ1) is 20.8. The third-order valence-corrected chi connectivity index (χ3v) is 5.77. The van der Waals surface area contributed by atoms with Crippen molar-refractivity contribution in [3.63, 3.8) is 0 Å². The lowest BCUT2D eigenvalue weighted by atomic mass is 9.95. The number of aromatic nitrogens is 2. The molecular formula is C27H25N3O3. The highest BCUT2D eigenvalue weighted by atomic mass is 16.5. The van der Waals surface area contributed by atoms with Crippen molar-refractivity contribution in [2.75, 3.05) is 11.9 Å². The molecule has 6 heteroatoms. The molecule has 2 heterocycles. The standard InChI is InChI=1S/C27H25N3O3/c1-3-32-26(31)24-18(2)28-27-29-22-11-7-8-12-23(22)30(27)25(24)20-13-15-21(16-14-20)33-17-19-9-5-4-6-10-19/h4-16,25H,3,17H2,1-2H3,(H,28,29)/t25-/m0/s1. The molecule has 6 nitrogen and oxygen atoms in total. The highest BCUT2D eigenvalue weighted by Gasteiger charge is 2.34. The fraction of sp³-hybridized carbons (Fsp3) is 0.185. The van der Waals surface area contributed by atoms with Crippen molar-refractivity contribution in [1.82, 2.24) is 9.55 Å². The van der Waals surface area contributed by atoms with Crippen molar-refractivity contribution in [1.29, 1.82) is 0 Å². The summed E-state index contributed by atoms with van der Waals surface area (Å²) in [7, 11) is 0. The van der Waals surface area contributed by atoms with Crippen LogP contribution >= 0.6 is 0 Å². The van der Waals surface area contributed by atoms with Crippen LogP contribution in [0.3, 0.4) is 0 Å². The maximum Gasteiger partial charge on any atom is 0.338 e. The minimum Gasteiger partial charge on any atom is -0.489 e. The Morgan fingerprint density at radius 1 is 1.00 bits per heavy atom. The lowest BCUT2D eigenvalue weighted by molar-refractivity contribution is -0.139. The van der Waals surface area contributed by atoms with Gasteiger partial charge in [0.05, 0.1) is 29.3 Å². The molecule has 166 valence electrons. The molecule has 5 rings (SSSR count). The Bertz CT molecular complexity index is 1320. The van der Waals surface area contributed by atoms with Crippen LogP contribution < -0.4 is 10.1 Å². The van der Waals surface area contributed by atoms with Crippen molar-refractivity contribution >= 4 is 23.0 Å². The molecule has 1 N–H and O–H groups in total. The van der Waals surface area contributed by atoms with Crippen LogP contribution in [0.5, 0.6) is 5.75 Å². The van der Waals surface area contributed by atoms with Gasteiger partial charge in [0.1, 0.15) is 12.4 Å². The molecule has 0 bridgehead atoms. The number of nitrogens with one attached hydrogen (secondary N) is 1. The van der Waals surface area contributed by atoms with Gasteiger partial charge in [-0.3, -0.25) is 4.57 Å². The van der Waals surface area contributed by atoms with Crippen LogP contribution in [0.15, 0.2) is 90.1 Å². The molecule has 3 aromatic carbocycles. The minimum atomic E-state index is -0.365. The van der Waals surface area contributed by atoms with Gasteiger partial charge in [0, 0.05) is 5.70 Å². The Kier molecular flexibility index (Phi) is 5.57. The summed E-state index contributed by atoms with van der Waals surface area (Å²) in [6.45, 7) is 4.51. The zero-order valence-electron chi connectivity index (χ0n) is 18.6. The second kappa shape index (κ2) is 8.82. The molecule has 1 aliphatic heterocycles. The molecule has 1 aliphatic rings. The largest absolute Gasteiger partial charge is 0.489 e. The van der Waals surface area contributed by atoms with Gasteiger partial charge in [-0.15, -0.1) is 0 Å². The van der Waals surface area contributed by atoms with Crippen LogP contribution in [0.1, 0.15) is 31.0 Å². The molecule has 0 spiro atoms. The lowest BCUT2D eigenvalue weighted by Crippen LogP contribution is -2.29. The van der Waals surface area contributed by atoms with E-state index in [1.54, 1.807) is 0 Å². The molecule has 1 atom stereocenters. The van der Waals surface area contributed by atoms with Gasteiger partial charge in [-0.2, -0.15) is 0 Å². The number of carbonyl (C=O) groups excluding carboxylic acids is 1. The highest BCUT2D eigenvalue weighted by molar-refractivity contribution is 5.94. The Hall–Kier alpha value is -4.06. The van der Waals surface area contributed by atoms with E-state index in [0.29, 0.717) is 24.7 Å². The van der Waals surface area contributed by atoms with Crippen molar-refractivity contribution in [3.8, 4) is 5.75 Å². The molecular weight excluding hydrogens is 414 g/mol. The van der Waals surface area contributed by atoms with E-state index in [1.807, 2.05) is 92.7 Å². The Labute approximate surface area is 192 Å². The fourth-order valence-electron chi connectivity index (χ4n) is 4.24. The topological polar surface area (TPSA) is 65.4 Å². The number of fused-ring (bicyclic) bond motifs is 3. The molecule has 0 radical (unpaired) electrons. The predicted octanol–water partition coefficient (Wildman–Crippen LogP) is 5.47. The summed E-state index contributed by atoms with van der Waals surface area (Å²) in [6, 6.07) is 25.5. The number of hydrogen-bond acceptors (Lipinski definition) is 5. The average molecular weight is 440 g/mol. The van der Waals surface area contributed by atoms with Gasteiger partial charge in [0.15, 0.2) is 0 Å². The third-order valence-electron chi connectivity index (χ3n) is 5.77. The van der Waals surface area contributed by atoms with E-state index in [1.165, 1.54) is 0 Å². The molecule has 0 saturated carbocycles. The van der Waals surface area contributed by atoms with Gasteiger partial charge >= 0.3 is 5.97 Å². The van der Waals surface area contributed by atoms with Crippen LogP contribution in [0.2, 0.25) is 0 Å². The number of carbonyl (C=O) groups is 1. The monoisotopic (exact) mass is 439 g/mol. The molecule has 0 aliphatic carbocycles. The van der Waals surface area contributed by atoms with E-state index in [4.69, 9.17) is 14.5 Å². The minimum absolute atomic E-state index is 0.312. The highest BCUT2D eigenvalue weighted by Crippen LogP contribution is 2.39. The van der Waals surface area contributed by atoms with Gasteiger partial charge in [0.2, 0.25) is 5.95 Å². The maximum atomic E-state index is 13.0. The van der Waals surface area contributed by atoms with Crippen LogP contribution in [0.4, 0.5) is 5.95 Å². The van der Waals surface area contributed by atoms with E-state index in [2.05, 4.69) is 9.88 Å². The second-order valence-electron chi connectivity index (χ2n) is 7.92. The summed E-state index contributed by atoms with van der Waals surface area (Å²) in [5, 5.41) is 3.29. The Morgan fingerprint density at radius 3 is 2.48 bits per heavy atom. The van der Waals surface area contributed by atoms with Crippen LogP contribution in [-0.2, 0) is 16.1 Å². The maximum absolute atomic E-state index is 13.0. The number of rotatable bonds is 6. The molecule has 33 heavy (non-hydrogen) atoms. The van der Waals surface area contributed by atoms with Crippen molar-refractivity contribution in [2.45, 2.75) is 26.5 Å². The molecule has 0 fully saturated rings. The number of benzene rings is 3. The van der Waals surface area contributed by atoms with Crippen LogP contribution in [-0.4, -0.2) is 22.1 Å². The van der Waals surface area contributed by atoms with Crippen LogP contribution in [0.25, 0.3) is 11.0 Å². The summed E-state index contributed by atoms with van der Waals surface area (Å²) in [6.07, 6.45) is 0. The van der Waals surface area contributed by atoms with E-state index >= 15 is 0 Å². The van der Waals surface area contributed by atoms with Gasteiger partial charge in [-0.1, -0.05) is 54.6 Å². The van der Waals surface area contributed by atoms with Crippen LogP contribution in [0, 0.1) is 0 Å². The third kappa shape index (κ3) is 3.96. The first-order valence-electron chi connectivity index (χ1n) is 11.0. The van der Waals surface area contributed by atoms with E-state index in [9.17, 15) is 4.79 Å². The summed E-state index contributed by atoms with van der Waals surface area (Å²) in [4.78, 5) is 17.7. The number of allylic oxidation sites excluding steroid dienone is 1. The molecule has 0 saturated heterocycles. The number of imidazole rings is 1. The number of anilines is 1. The number of para-hydroxylation sites is 2. The molecule has 4 aromatic rings. The number of esters is 1. The first-order chi connectivity index (χ1) is 16.2. The molecule has 1 aromatic heterocycles. The summed E-state index contributed by atoms with van der Waals surface area (Å²) in [5.41, 5.74) is 5.19. The summed E-state index contributed by atoms with van der Waals surface area (Å²) < 4.78 is 13.4. The summed E-state index contributed by atoms with van der Waals surface area (Å²) in [5.74, 6) is 1.14. The second-order valence-corrected chi connectivity index (χ2v) is 7.92. The fourth-order valence-corrected chi connectivity index (χ4v) is 4.24.